The minimum Gasteiger partial charge on any atom is -0.482 e. The van der Waals surface area contributed by atoms with Gasteiger partial charge in [0.25, 0.3) is 5.91 Å². The highest BCUT2D eigenvalue weighted by atomic mass is 16.5. The molecule has 1 aliphatic heterocycles. The number of amides is 1. The van der Waals surface area contributed by atoms with Gasteiger partial charge >= 0.3 is 0 Å². The van der Waals surface area contributed by atoms with E-state index in [1.54, 1.807) is 0 Å². The molecule has 1 atom stereocenters. The Morgan fingerprint density at radius 3 is 2.94 bits per heavy atom. The number of rotatable bonds is 3. The molecule has 0 spiro atoms. The van der Waals surface area contributed by atoms with Crippen molar-refractivity contribution in [2.24, 2.45) is 5.84 Å². The molecule has 1 amide bonds. The molecule has 2 rings (SSSR count). The number of carbonyl (C=O) groups is 1. The van der Waals surface area contributed by atoms with E-state index >= 15 is 0 Å². The number of hydrazine groups is 1. The molecule has 1 unspecified atom stereocenters. The number of hydrogen-bond donors (Lipinski definition) is 3. The van der Waals surface area contributed by atoms with Gasteiger partial charge < -0.3 is 10.1 Å². The fourth-order valence-corrected chi connectivity index (χ4v) is 1.81. The van der Waals surface area contributed by atoms with E-state index in [9.17, 15) is 4.79 Å². The summed E-state index contributed by atoms with van der Waals surface area (Å²) in [5.74, 6) is 6.04. The number of hydrogen-bond acceptors (Lipinski definition) is 5. The van der Waals surface area contributed by atoms with Crippen molar-refractivity contribution in [2.75, 3.05) is 26.0 Å². The number of fused-ring (bicyclic) bond motifs is 1. The maximum atomic E-state index is 11.2. The lowest BCUT2D eigenvalue weighted by Crippen LogP contribution is -2.37. The van der Waals surface area contributed by atoms with Crippen LogP contribution in [0.5, 0.6) is 5.75 Å². The van der Waals surface area contributed by atoms with E-state index in [2.05, 4.69) is 10.7 Å². The first-order valence-corrected chi connectivity index (χ1v) is 5.31. The number of nitrogens with two attached hydrogens (primary N) is 1. The third-order valence-electron chi connectivity index (χ3n) is 2.63. The van der Waals surface area contributed by atoms with E-state index in [1.165, 1.54) is 0 Å². The number of nitrogens with one attached hydrogen (secondary N) is 2. The van der Waals surface area contributed by atoms with Gasteiger partial charge in [-0.1, -0.05) is 6.07 Å². The Labute approximate surface area is 99.7 Å². The second kappa shape index (κ2) is 4.70. The van der Waals surface area contributed by atoms with Gasteiger partial charge in [0, 0.05) is 0 Å². The zero-order valence-corrected chi connectivity index (χ0v) is 9.86. The lowest BCUT2D eigenvalue weighted by molar-refractivity contribution is -0.118. The SMILES string of the molecule is CN(C)C(NN)c1ccc2c(c1)NC(=O)CO2. The largest absolute Gasteiger partial charge is 0.482 e. The molecule has 0 aliphatic carbocycles. The summed E-state index contributed by atoms with van der Waals surface area (Å²) < 4.78 is 5.29. The molecule has 0 fully saturated rings. The molecule has 1 aromatic carbocycles. The quantitative estimate of drug-likeness (QED) is 0.392. The van der Waals surface area contributed by atoms with Gasteiger partial charge in [0.05, 0.1) is 11.9 Å². The van der Waals surface area contributed by atoms with E-state index in [4.69, 9.17) is 10.6 Å². The number of carbonyl (C=O) groups excluding carboxylic acids is 1. The van der Waals surface area contributed by atoms with Crippen LogP contribution in [0, 0.1) is 0 Å². The average molecular weight is 236 g/mol. The fourth-order valence-electron chi connectivity index (χ4n) is 1.81. The maximum Gasteiger partial charge on any atom is 0.262 e. The van der Waals surface area contributed by atoms with E-state index in [-0.39, 0.29) is 18.7 Å². The molecule has 17 heavy (non-hydrogen) atoms. The van der Waals surface area contributed by atoms with Crippen molar-refractivity contribution in [1.82, 2.24) is 10.3 Å². The van der Waals surface area contributed by atoms with Crippen LogP contribution >= 0.6 is 0 Å². The molecule has 0 saturated heterocycles. The first-order valence-electron chi connectivity index (χ1n) is 5.31. The highest BCUT2D eigenvalue weighted by Crippen LogP contribution is 2.30. The van der Waals surface area contributed by atoms with Crippen LogP contribution in [-0.4, -0.2) is 31.5 Å². The number of benzene rings is 1. The lowest BCUT2D eigenvalue weighted by atomic mass is 10.1. The molecule has 1 aliphatic rings. The zero-order valence-electron chi connectivity index (χ0n) is 9.86. The third-order valence-corrected chi connectivity index (χ3v) is 2.63. The highest BCUT2D eigenvalue weighted by Gasteiger charge is 2.19. The Balaban J connectivity index is 2.32. The van der Waals surface area contributed by atoms with Crippen molar-refractivity contribution in [3.63, 3.8) is 0 Å². The van der Waals surface area contributed by atoms with Crippen molar-refractivity contribution in [3.8, 4) is 5.75 Å². The minimum atomic E-state index is -0.142. The van der Waals surface area contributed by atoms with Crippen LogP contribution in [0.4, 0.5) is 5.69 Å². The van der Waals surface area contributed by atoms with Crippen LogP contribution in [0.25, 0.3) is 0 Å². The molecular weight excluding hydrogens is 220 g/mol. The second-order valence-electron chi connectivity index (χ2n) is 4.13. The lowest BCUT2D eigenvalue weighted by Gasteiger charge is -2.25. The van der Waals surface area contributed by atoms with Crippen LogP contribution in [0.2, 0.25) is 0 Å². The predicted molar refractivity (Wildman–Crippen MR) is 64.3 cm³/mol. The summed E-state index contributed by atoms with van der Waals surface area (Å²) in [6.07, 6.45) is -0.112. The first kappa shape index (κ1) is 11.8. The average Bonchev–Trinajstić information content (AvgIpc) is 2.29. The molecular formula is C11H16N4O2. The van der Waals surface area contributed by atoms with Crippen LogP contribution < -0.4 is 21.3 Å². The van der Waals surface area contributed by atoms with Gasteiger partial charge in [0.2, 0.25) is 0 Å². The summed E-state index contributed by atoms with van der Waals surface area (Å²) in [7, 11) is 3.83. The number of anilines is 1. The molecule has 6 heteroatoms. The number of nitrogens with zero attached hydrogens (tertiary/aromatic N) is 1. The van der Waals surface area contributed by atoms with Gasteiger partial charge in [-0.2, -0.15) is 0 Å². The van der Waals surface area contributed by atoms with Crippen molar-refractivity contribution in [1.29, 1.82) is 0 Å². The normalized spacial score (nSPS) is 16.1. The number of ether oxygens (including phenoxy) is 1. The molecule has 1 aromatic rings. The van der Waals surface area contributed by atoms with E-state index in [1.807, 2.05) is 37.2 Å². The van der Waals surface area contributed by atoms with Gasteiger partial charge in [-0.15, -0.1) is 0 Å². The maximum absolute atomic E-state index is 11.2. The van der Waals surface area contributed by atoms with Crippen molar-refractivity contribution in [3.05, 3.63) is 23.8 Å². The Kier molecular flexibility index (Phi) is 3.28. The minimum absolute atomic E-state index is 0.0681. The Morgan fingerprint density at radius 2 is 2.29 bits per heavy atom. The molecule has 0 saturated carbocycles. The molecule has 0 aromatic heterocycles. The van der Waals surface area contributed by atoms with Crippen LogP contribution in [-0.2, 0) is 4.79 Å². The van der Waals surface area contributed by atoms with E-state index < -0.39 is 0 Å². The summed E-state index contributed by atoms with van der Waals surface area (Å²) in [4.78, 5) is 13.2. The van der Waals surface area contributed by atoms with Gasteiger partial charge in [0.1, 0.15) is 5.75 Å². The Morgan fingerprint density at radius 1 is 1.53 bits per heavy atom. The van der Waals surface area contributed by atoms with Gasteiger partial charge in [-0.05, 0) is 31.8 Å². The monoisotopic (exact) mass is 236 g/mol. The fraction of sp³-hybridized carbons (Fsp3) is 0.364. The first-order chi connectivity index (χ1) is 8.11. The Hall–Kier alpha value is -1.63. The topological polar surface area (TPSA) is 79.6 Å². The third kappa shape index (κ3) is 2.38. The molecule has 92 valence electrons. The van der Waals surface area contributed by atoms with Crippen molar-refractivity contribution >= 4 is 11.6 Å². The molecule has 6 nitrogen and oxygen atoms in total. The van der Waals surface area contributed by atoms with Crippen LogP contribution in [0.15, 0.2) is 18.2 Å². The zero-order chi connectivity index (χ0) is 12.4. The Bertz CT molecular complexity index is 433. The van der Waals surface area contributed by atoms with Crippen LogP contribution in [0.1, 0.15) is 11.7 Å². The molecule has 1 heterocycles. The summed E-state index contributed by atoms with van der Waals surface area (Å²) in [5.41, 5.74) is 4.35. The van der Waals surface area contributed by atoms with E-state index in [0.717, 1.165) is 5.56 Å². The molecule has 4 N–H and O–H groups in total. The van der Waals surface area contributed by atoms with Crippen LogP contribution in [0.3, 0.4) is 0 Å². The highest BCUT2D eigenvalue weighted by molar-refractivity contribution is 5.95. The standard InChI is InChI=1S/C11H16N4O2/c1-15(2)11(14-12)7-3-4-9-8(5-7)13-10(16)6-17-9/h3-5,11,14H,6,12H2,1-2H3,(H,13,16). The van der Waals surface area contributed by atoms with Gasteiger partial charge in [-0.25, -0.2) is 5.43 Å². The summed E-state index contributed by atoms with van der Waals surface area (Å²) in [6, 6.07) is 5.61. The predicted octanol–water partition coefficient (Wildman–Crippen LogP) is 0.0410. The summed E-state index contributed by atoms with van der Waals surface area (Å²) in [5, 5.41) is 2.77. The summed E-state index contributed by atoms with van der Waals surface area (Å²) >= 11 is 0. The molecule has 0 bridgehead atoms. The van der Waals surface area contributed by atoms with Crippen molar-refractivity contribution < 1.29 is 9.53 Å². The summed E-state index contributed by atoms with van der Waals surface area (Å²) in [6.45, 7) is 0.0681. The van der Waals surface area contributed by atoms with Gasteiger partial charge in [-0.3, -0.25) is 15.5 Å². The molecule has 0 radical (unpaired) electrons. The smallest absolute Gasteiger partial charge is 0.262 e. The van der Waals surface area contributed by atoms with Gasteiger partial charge in [0.15, 0.2) is 6.61 Å². The van der Waals surface area contributed by atoms with Crippen molar-refractivity contribution in [2.45, 2.75) is 6.17 Å². The van der Waals surface area contributed by atoms with E-state index in [0.29, 0.717) is 11.4 Å². The second-order valence-corrected chi connectivity index (χ2v) is 4.13.